The van der Waals surface area contributed by atoms with E-state index < -0.39 is 0 Å². The summed E-state index contributed by atoms with van der Waals surface area (Å²) < 4.78 is 11.0. The van der Waals surface area contributed by atoms with Crippen molar-refractivity contribution in [1.82, 2.24) is 19.9 Å². The number of nitrogens with zero attached hydrogens (tertiary/aromatic N) is 4. The topological polar surface area (TPSA) is 64.3 Å². The first-order valence-corrected chi connectivity index (χ1v) is 7.26. The lowest BCUT2D eigenvalue weighted by molar-refractivity contribution is 0.121. The fourth-order valence-corrected chi connectivity index (χ4v) is 2.62. The number of aryl methyl sites for hydroxylation is 1. The molecule has 0 N–H and O–H groups in total. The smallest absolute Gasteiger partial charge is 0.191 e. The van der Waals surface area contributed by atoms with Crippen LogP contribution < -0.4 is 0 Å². The lowest BCUT2D eigenvalue weighted by Gasteiger charge is -2.21. The molecule has 3 heterocycles. The van der Waals surface area contributed by atoms with Gasteiger partial charge in [-0.3, -0.25) is 4.90 Å². The first-order chi connectivity index (χ1) is 10.3. The molecule has 0 saturated carbocycles. The summed E-state index contributed by atoms with van der Waals surface area (Å²) in [4.78, 5) is 15.3. The van der Waals surface area contributed by atoms with Gasteiger partial charge in [-0.05, 0) is 6.07 Å². The SMILES string of the molecule is Cc1nc(CN2CCOC[C@@H](Cc3ncccn3)C2)co1. The van der Waals surface area contributed by atoms with Crippen molar-refractivity contribution in [3.63, 3.8) is 0 Å². The van der Waals surface area contributed by atoms with Crippen molar-refractivity contribution in [3.8, 4) is 0 Å². The zero-order valence-electron chi connectivity index (χ0n) is 12.2. The maximum atomic E-state index is 5.71. The number of ether oxygens (including phenoxy) is 1. The van der Waals surface area contributed by atoms with E-state index in [1.54, 1.807) is 18.7 Å². The summed E-state index contributed by atoms with van der Waals surface area (Å²) in [6.07, 6.45) is 6.15. The second-order valence-electron chi connectivity index (χ2n) is 5.40. The minimum Gasteiger partial charge on any atom is -0.449 e. The van der Waals surface area contributed by atoms with Crippen LogP contribution in [0.25, 0.3) is 0 Å². The standard InChI is InChI=1S/C15H20N4O2/c1-12-18-14(11-21-12)9-19-5-6-20-10-13(8-19)7-15-16-3-2-4-17-15/h2-4,11,13H,5-10H2,1H3/t13-/m0/s1. The number of hydrogen-bond acceptors (Lipinski definition) is 6. The molecule has 0 unspecified atom stereocenters. The highest BCUT2D eigenvalue weighted by molar-refractivity contribution is 4.96. The van der Waals surface area contributed by atoms with E-state index in [0.29, 0.717) is 11.8 Å². The number of oxazole rings is 1. The molecule has 112 valence electrons. The molecule has 0 amide bonds. The van der Waals surface area contributed by atoms with Gasteiger partial charge in [0.25, 0.3) is 0 Å². The zero-order chi connectivity index (χ0) is 14.5. The van der Waals surface area contributed by atoms with Crippen LogP contribution in [-0.2, 0) is 17.7 Å². The molecule has 0 aromatic carbocycles. The molecule has 1 fully saturated rings. The molecule has 1 saturated heterocycles. The van der Waals surface area contributed by atoms with Gasteiger partial charge in [0.15, 0.2) is 5.89 Å². The van der Waals surface area contributed by atoms with E-state index in [2.05, 4.69) is 19.9 Å². The van der Waals surface area contributed by atoms with Gasteiger partial charge in [-0.1, -0.05) is 0 Å². The number of hydrogen-bond donors (Lipinski definition) is 0. The Labute approximate surface area is 124 Å². The minimum atomic E-state index is 0.405. The summed E-state index contributed by atoms with van der Waals surface area (Å²) in [5.41, 5.74) is 0.976. The molecule has 2 aromatic rings. The van der Waals surface area contributed by atoms with Crippen molar-refractivity contribution in [2.24, 2.45) is 5.92 Å². The third-order valence-corrected chi connectivity index (χ3v) is 3.56. The normalized spacial score (nSPS) is 20.3. The second kappa shape index (κ2) is 6.78. The predicted octanol–water partition coefficient (Wildman–Crippen LogP) is 1.46. The molecule has 3 rings (SSSR count). The van der Waals surface area contributed by atoms with Crippen LogP contribution in [0.2, 0.25) is 0 Å². The van der Waals surface area contributed by atoms with E-state index in [9.17, 15) is 0 Å². The van der Waals surface area contributed by atoms with Crippen molar-refractivity contribution in [2.45, 2.75) is 19.9 Å². The van der Waals surface area contributed by atoms with Gasteiger partial charge in [0.2, 0.25) is 0 Å². The molecule has 21 heavy (non-hydrogen) atoms. The van der Waals surface area contributed by atoms with Crippen LogP contribution in [0.3, 0.4) is 0 Å². The van der Waals surface area contributed by atoms with E-state index in [1.165, 1.54) is 0 Å². The maximum Gasteiger partial charge on any atom is 0.191 e. The van der Waals surface area contributed by atoms with Crippen LogP contribution in [0.1, 0.15) is 17.4 Å². The summed E-state index contributed by atoms with van der Waals surface area (Å²) >= 11 is 0. The van der Waals surface area contributed by atoms with Crippen molar-refractivity contribution in [2.75, 3.05) is 26.3 Å². The van der Waals surface area contributed by atoms with Gasteiger partial charge in [-0.15, -0.1) is 0 Å². The molecule has 0 bridgehead atoms. The molecule has 1 atom stereocenters. The zero-order valence-corrected chi connectivity index (χ0v) is 12.2. The molecule has 6 heteroatoms. The highest BCUT2D eigenvalue weighted by Crippen LogP contribution is 2.14. The Morgan fingerprint density at radius 2 is 2.19 bits per heavy atom. The third-order valence-electron chi connectivity index (χ3n) is 3.56. The Hall–Kier alpha value is -1.79. The minimum absolute atomic E-state index is 0.405. The Morgan fingerprint density at radius 3 is 2.95 bits per heavy atom. The highest BCUT2D eigenvalue weighted by atomic mass is 16.5. The van der Waals surface area contributed by atoms with Gasteiger partial charge >= 0.3 is 0 Å². The summed E-state index contributed by atoms with van der Waals surface area (Å²) in [6, 6.07) is 1.84. The van der Waals surface area contributed by atoms with E-state index in [1.807, 2.05) is 13.0 Å². The number of aromatic nitrogens is 3. The molecule has 2 aromatic heterocycles. The summed E-state index contributed by atoms with van der Waals surface area (Å²) in [6.45, 7) is 6.05. The highest BCUT2D eigenvalue weighted by Gasteiger charge is 2.20. The van der Waals surface area contributed by atoms with Crippen molar-refractivity contribution >= 4 is 0 Å². The van der Waals surface area contributed by atoms with E-state index in [0.717, 1.165) is 50.8 Å². The average Bonchev–Trinajstić information content (AvgIpc) is 2.76. The van der Waals surface area contributed by atoms with Gasteiger partial charge in [0.1, 0.15) is 12.1 Å². The van der Waals surface area contributed by atoms with Crippen LogP contribution in [0.4, 0.5) is 0 Å². The lowest BCUT2D eigenvalue weighted by atomic mass is 10.1. The Kier molecular flexibility index (Phi) is 4.57. The van der Waals surface area contributed by atoms with E-state index in [4.69, 9.17) is 9.15 Å². The molecule has 1 aliphatic heterocycles. The van der Waals surface area contributed by atoms with Crippen LogP contribution in [0.5, 0.6) is 0 Å². The maximum absolute atomic E-state index is 5.71. The Balaban J connectivity index is 1.60. The first-order valence-electron chi connectivity index (χ1n) is 7.26. The molecular weight excluding hydrogens is 268 g/mol. The first kappa shape index (κ1) is 14.2. The third kappa shape index (κ3) is 4.09. The summed E-state index contributed by atoms with van der Waals surface area (Å²) in [5.74, 6) is 2.00. The molecule has 0 spiro atoms. The number of rotatable bonds is 4. The average molecular weight is 288 g/mol. The Morgan fingerprint density at radius 1 is 1.33 bits per heavy atom. The van der Waals surface area contributed by atoms with Crippen LogP contribution >= 0.6 is 0 Å². The Bertz CT molecular complexity index is 558. The van der Waals surface area contributed by atoms with Gasteiger partial charge in [0, 0.05) is 51.3 Å². The quantitative estimate of drug-likeness (QED) is 0.849. The fraction of sp³-hybridized carbons (Fsp3) is 0.533. The molecule has 0 radical (unpaired) electrons. The largest absolute Gasteiger partial charge is 0.449 e. The summed E-state index contributed by atoms with van der Waals surface area (Å²) in [5, 5.41) is 0. The van der Waals surface area contributed by atoms with Crippen LogP contribution in [0.15, 0.2) is 29.1 Å². The molecule has 6 nitrogen and oxygen atoms in total. The molecule has 1 aliphatic rings. The molecule has 0 aliphatic carbocycles. The van der Waals surface area contributed by atoms with Crippen molar-refractivity contribution in [3.05, 3.63) is 42.1 Å². The van der Waals surface area contributed by atoms with Gasteiger partial charge < -0.3 is 9.15 Å². The fourth-order valence-electron chi connectivity index (χ4n) is 2.62. The van der Waals surface area contributed by atoms with E-state index >= 15 is 0 Å². The van der Waals surface area contributed by atoms with Gasteiger partial charge in [-0.2, -0.15) is 0 Å². The monoisotopic (exact) mass is 288 g/mol. The predicted molar refractivity (Wildman–Crippen MR) is 76.6 cm³/mol. The van der Waals surface area contributed by atoms with Crippen LogP contribution in [-0.4, -0.2) is 46.2 Å². The summed E-state index contributed by atoms with van der Waals surface area (Å²) in [7, 11) is 0. The lowest BCUT2D eigenvalue weighted by Crippen LogP contribution is -2.30. The van der Waals surface area contributed by atoms with Crippen LogP contribution in [0, 0.1) is 12.8 Å². The van der Waals surface area contributed by atoms with Crippen molar-refractivity contribution < 1.29 is 9.15 Å². The molecular formula is C15H20N4O2. The second-order valence-corrected chi connectivity index (χ2v) is 5.40. The van der Waals surface area contributed by atoms with E-state index in [-0.39, 0.29) is 0 Å². The van der Waals surface area contributed by atoms with Crippen molar-refractivity contribution in [1.29, 1.82) is 0 Å². The van der Waals surface area contributed by atoms with Gasteiger partial charge in [-0.25, -0.2) is 15.0 Å². The van der Waals surface area contributed by atoms with Gasteiger partial charge in [0.05, 0.1) is 18.9 Å².